The van der Waals surface area contributed by atoms with Crippen LogP contribution in [0.3, 0.4) is 0 Å². The molecule has 0 bridgehead atoms. The van der Waals surface area contributed by atoms with Crippen molar-refractivity contribution >= 4 is 17.7 Å². The molecule has 0 radical (unpaired) electrons. The van der Waals surface area contributed by atoms with Crippen molar-refractivity contribution in [2.45, 2.75) is 24.8 Å². The molecule has 0 N–H and O–H groups in total. The summed E-state index contributed by atoms with van der Waals surface area (Å²) >= 11 is 0. The van der Waals surface area contributed by atoms with Crippen molar-refractivity contribution in [2.24, 2.45) is 0 Å². The van der Waals surface area contributed by atoms with Crippen molar-refractivity contribution in [1.82, 2.24) is 9.80 Å². The van der Waals surface area contributed by atoms with Gasteiger partial charge in [0.25, 0.3) is 11.8 Å². The molecule has 2 heterocycles. The highest BCUT2D eigenvalue weighted by Crippen LogP contribution is 2.31. The van der Waals surface area contributed by atoms with Crippen LogP contribution in [-0.4, -0.2) is 46.7 Å². The lowest BCUT2D eigenvalue weighted by molar-refractivity contribution is -0.134. The zero-order chi connectivity index (χ0) is 22.1. The Morgan fingerprint density at radius 1 is 0.812 bits per heavy atom. The molecule has 5 nitrogen and oxygen atoms in total. The third-order valence-corrected chi connectivity index (χ3v) is 6.46. The number of carbonyl (C=O) groups is 3. The highest BCUT2D eigenvalue weighted by Gasteiger charge is 2.44. The lowest BCUT2D eigenvalue weighted by Crippen LogP contribution is -2.51. The van der Waals surface area contributed by atoms with Crippen LogP contribution in [0.2, 0.25) is 0 Å². The molecule has 1 fully saturated rings. The minimum atomic E-state index is -0.862. The summed E-state index contributed by atoms with van der Waals surface area (Å²) in [6.07, 6.45) is 1.17. The molecule has 2 aliphatic heterocycles. The maximum atomic E-state index is 13.7. The molecule has 3 aromatic rings. The second kappa shape index (κ2) is 8.42. The normalized spacial score (nSPS) is 18.7. The van der Waals surface area contributed by atoms with Crippen LogP contribution in [0.5, 0.6) is 0 Å². The highest BCUT2D eigenvalue weighted by atomic mass is 16.2. The van der Waals surface area contributed by atoms with Crippen molar-refractivity contribution in [3.8, 4) is 0 Å². The van der Waals surface area contributed by atoms with Crippen molar-refractivity contribution in [2.75, 3.05) is 13.1 Å². The van der Waals surface area contributed by atoms with Gasteiger partial charge in [0.1, 0.15) is 6.04 Å². The number of nitrogens with zero attached hydrogens (tertiary/aromatic N) is 2. The van der Waals surface area contributed by atoms with Gasteiger partial charge in [-0.2, -0.15) is 0 Å². The molecule has 5 rings (SSSR count). The first-order chi connectivity index (χ1) is 15.6. The molecule has 0 aliphatic carbocycles. The first-order valence-electron chi connectivity index (χ1n) is 11.0. The lowest BCUT2D eigenvalue weighted by Gasteiger charge is -2.29. The summed E-state index contributed by atoms with van der Waals surface area (Å²) in [4.78, 5) is 43.1. The van der Waals surface area contributed by atoms with E-state index in [2.05, 4.69) is 12.1 Å². The van der Waals surface area contributed by atoms with Gasteiger partial charge in [-0.3, -0.25) is 19.3 Å². The van der Waals surface area contributed by atoms with E-state index in [9.17, 15) is 14.4 Å². The molecule has 0 aromatic heterocycles. The van der Waals surface area contributed by atoms with Gasteiger partial charge in [-0.25, -0.2) is 0 Å². The summed E-state index contributed by atoms with van der Waals surface area (Å²) < 4.78 is 0. The highest BCUT2D eigenvalue weighted by molar-refractivity contribution is 6.22. The number of rotatable bonds is 5. The van der Waals surface area contributed by atoms with Gasteiger partial charge in [0.2, 0.25) is 5.91 Å². The second-order valence-corrected chi connectivity index (χ2v) is 8.41. The monoisotopic (exact) mass is 424 g/mol. The van der Waals surface area contributed by atoms with Crippen LogP contribution in [-0.2, 0) is 11.2 Å². The van der Waals surface area contributed by atoms with E-state index in [0.717, 1.165) is 12.0 Å². The van der Waals surface area contributed by atoms with E-state index >= 15 is 0 Å². The SMILES string of the molecule is O=C([C@H](Cc1ccccc1)N1C(=O)c2ccccc2C1=O)N1CC[C@@H](c2ccccc2)C1. The molecule has 0 spiro atoms. The molecular weight excluding hydrogens is 400 g/mol. The number of likely N-dealkylation sites (tertiary alicyclic amines) is 1. The van der Waals surface area contributed by atoms with E-state index in [1.165, 1.54) is 10.5 Å². The smallest absolute Gasteiger partial charge is 0.262 e. The van der Waals surface area contributed by atoms with E-state index < -0.39 is 17.9 Å². The van der Waals surface area contributed by atoms with E-state index in [4.69, 9.17) is 0 Å². The first-order valence-corrected chi connectivity index (χ1v) is 11.0. The predicted molar refractivity (Wildman–Crippen MR) is 121 cm³/mol. The van der Waals surface area contributed by atoms with Crippen molar-refractivity contribution in [1.29, 1.82) is 0 Å². The van der Waals surface area contributed by atoms with E-state index in [1.54, 1.807) is 24.3 Å². The van der Waals surface area contributed by atoms with Crippen LogP contribution in [0.25, 0.3) is 0 Å². The second-order valence-electron chi connectivity index (χ2n) is 8.41. The van der Waals surface area contributed by atoms with E-state index in [-0.39, 0.29) is 11.8 Å². The summed E-state index contributed by atoms with van der Waals surface area (Å²) in [6, 6.07) is 25.7. The van der Waals surface area contributed by atoms with E-state index in [1.807, 2.05) is 53.4 Å². The molecule has 0 unspecified atom stereocenters. The van der Waals surface area contributed by atoms with Crippen molar-refractivity contribution < 1.29 is 14.4 Å². The number of amides is 3. The molecule has 2 atom stereocenters. The first kappa shape index (κ1) is 20.2. The third-order valence-electron chi connectivity index (χ3n) is 6.46. The average Bonchev–Trinajstić information content (AvgIpc) is 3.43. The minimum absolute atomic E-state index is 0.165. The molecule has 3 amide bonds. The number of benzene rings is 3. The Morgan fingerprint density at radius 2 is 1.38 bits per heavy atom. The largest absolute Gasteiger partial charge is 0.340 e. The molecular formula is C27H24N2O3. The molecule has 1 saturated heterocycles. The van der Waals surface area contributed by atoms with Gasteiger partial charge < -0.3 is 4.90 Å². The van der Waals surface area contributed by atoms with Crippen LogP contribution in [0.4, 0.5) is 0 Å². The van der Waals surface area contributed by atoms with Crippen LogP contribution in [0.15, 0.2) is 84.9 Å². The fourth-order valence-electron chi connectivity index (χ4n) is 4.79. The summed E-state index contributed by atoms with van der Waals surface area (Å²) in [6.45, 7) is 1.21. The Labute approximate surface area is 187 Å². The fraction of sp³-hybridized carbons (Fsp3) is 0.222. The Balaban J connectivity index is 1.44. The van der Waals surface area contributed by atoms with Gasteiger partial charge in [-0.15, -0.1) is 0 Å². The van der Waals surface area contributed by atoms with Crippen LogP contribution in [0, 0.1) is 0 Å². The number of carbonyl (C=O) groups excluding carboxylic acids is 3. The Hall–Kier alpha value is -3.73. The van der Waals surface area contributed by atoms with Gasteiger partial charge in [0.05, 0.1) is 11.1 Å². The molecule has 2 aliphatic rings. The van der Waals surface area contributed by atoms with Crippen molar-refractivity contribution in [3.63, 3.8) is 0 Å². The predicted octanol–water partition coefficient (Wildman–Crippen LogP) is 3.91. The number of hydrogen-bond donors (Lipinski definition) is 0. The molecule has 32 heavy (non-hydrogen) atoms. The Morgan fingerprint density at radius 3 is 2.00 bits per heavy atom. The average molecular weight is 425 g/mol. The standard InChI is InChI=1S/C27H24N2O3/c30-25-22-13-7-8-14-23(22)26(31)29(25)24(17-19-9-3-1-4-10-19)27(32)28-16-15-21(18-28)20-11-5-2-6-12-20/h1-14,21,24H,15-18H2/t21-,24+/m1/s1. The van der Waals surface area contributed by atoms with Gasteiger partial charge in [-0.1, -0.05) is 72.8 Å². The molecule has 160 valence electrons. The Kier molecular flexibility index (Phi) is 5.31. The molecule has 3 aromatic carbocycles. The minimum Gasteiger partial charge on any atom is -0.340 e. The topological polar surface area (TPSA) is 57.7 Å². The molecule has 5 heteroatoms. The van der Waals surface area contributed by atoms with Crippen LogP contribution >= 0.6 is 0 Å². The molecule has 0 saturated carbocycles. The van der Waals surface area contributed by atoms with Gasteiger partial charge in [0, 0.05) is 25.4 Å². The quantitative estimate of drug-likeness (QED) is 0.584. The number of fused-ring (bicyclic) bond motifs is 1. The number of hydrogen-bond acceptors (Lipinski definition) is 3. The summed E-state index contributed by atoms with van der Waals surface area (Å²) in [5.41, 5.74) is 2.86. The maximum absolute atomic E-state index is 13.7. The lowest BCUT2D eigenvalue weighted by atomic mass is 9.99. The summed E-state index contributed by atoms with van der Waals surface area (Å²) in [7, 11) is 0. The number of imide groups is 1. The Bertz CT molecular complexity index is 1120. The van der Waals surface area contributed by atoms with Crippen LogP contribution in [0.1, 0.15) is 44.2 Å². The van der Waals surface area contributed by atoms with Gasteiger partial charge >= 0.3 is 0 Å². The van der Waals surface area contributed by atoms with Gasteiger partial charge in [-0.05, 0) is 29.7 Å². The van der Waals surface area contributed by atoms with E-state index in [0.29, 0.717) is 30.6 Å². The zero-order valence-corrected chi connectivity index (χ0v) is 17.7. The van der Waals surface area contributed by atoms with Gasteiger partial charge in [0.15, 0.2) is 0 Å². The maximum Gasteiger partial charge on any atom is 0.262 e. The summed E-state index contributed by atoms with van der Waals surface area (Å²) in [5, 5.41) is 0. The summed E-state index contributed by atoms with van der Waals surface area (Å²) in [5.74, 6) is -0.682. The van der Waals surface area contributed by atoms with Crippen LogP contribution < -0.4 is 0 Å². The fourth-order valence-corrected chi connectivity index (χ4v) is 4.79. The zero-order valence-electron chi connectivity index (χ0n) is 17.7. The van der Waals surface area contributed by atoms with Crippen molar-refractivity contribution in [3.05, 3.63) is 107 Å². The third kappa shape index (κ3) is 3.60.